The summed E-state index contributed by atoms with van der Waals surface area (Å²) in [6.45, 7) is 7.46. The van der Waals surface area contributed by atoms with E-state index in [1.54, 1.807) is 0 Å². The molecule has 0 aromatic carbocycles. The van der Waals surface area contributed by atoms with Crippen LogP contribution in [0.15, 0.2) is 0 Å². The molecule has 1 N–H and O–H groups in total. The maximum atomic E-state index is 9.60. The normalized spacial score (nSPS) is 33.2. The molecule has 0 amide bonds. The number of aliphatic hydroxyl groups is 1. The first kappa shape index (κ1) is 11.0. The molecule has 3 atom stereocenters. The molecule has 2 nitrogen and oxygen atoms in total. The molecule has 0 saturated carbocycles. The first-order valence-corrected chi connectivity index (χ1v) is 5.59. The lowest BCUT2D eigenvalue weighted by molar-refractivity contribution is 0.0403. The van der Waals surface area contributed by atoms with E-state index in [-0.39, 0.29) is 6.10 Å². The van der Waals surface area contributed by atoms with Gasteiger partial charge in [-0.05, 0) is 33.1 Å². The van der Waals surface area contributed by atoms with Crippen molar-refractivity contribution in [2.75, 3.05) is 6.54 Å². The van der Waals surface area contributed by atoms with Crippen molar-refractivity contribution < 1.29 is 5.11 Å². The molecule has 1 rings (SSSR count). The van der Waals surface area contributed by atoms with Gasteiger partial charge in [-0.15, -0.1) is 0 Å². The maximum absolute atomic E-state index is 9.60. The van der Waals surface area contributed by atoms with Crippen molar-refractivity contribution in [2.45, 2.75) is 64.6 Å². The van der Waals surface area contributed by atoms with Gasteiger partial charge in [-0.1, -0.05) is 13.3 Å². The first-order valence-electron chi connectivity index (χ1n) is 5.59. The Labute approximate surface area is 81.9 Å². The van der Waals surface area contributed by atoms with Gasteiger partial charge in [-0.2, -0.15) is 0 Å². The highest BCUT2D eigenvalue weighted by atomic mass is 16.3. The van der Waals surface area contributed by atoms with Gasteiger partial charge >= 0.3 is 0 Å². The molecule has 0 aliphatic carbocycles. The summed E-state index contributed by atoms with van der Waals surface area (Å²) in [6, 6.07) is 1.31. The minimum absolute atomic E-state index is 0.136. The summed E-state index contributed by atoms with van der Waals surface area (Å²) < 4.78 is 0. The summed E-state index contributed by atoms with van der Waals surface area (Å²) in [5, 5.41) is 9.60. The highest BCUT2D eigenvalue weighted by molar-refractivity contribution is 4.80. The van der Waals surface area contributed by atoms with Crippen LogP contribution >= 0.6 is 0 Å². The maximum Gasteiger partial charge on any atom is 0.0664 e. The van der Waals surface area contributed by atoms with E-state index in [9.17, 15) is 5.11 Å². The number of β-amino-alcohol motifs (C(OH)–C–C–N with tert-alkyl or cyclic N) is 1. The molecule has 3 unspecified atom stereocenters. The molecule has 0 bridgehead atoms. The van der Waals surface area contributed by atoms with E-state index in [0.29, 0.717) is 12.1 Å². The van der Waals surface area contributed by atoms with Crippen LogP contribution < -0.4 is 0 Å². The molecule has 13 heavy (non-hydrogen) atoms. The van der Waals surface area contributed by atoms with E-state index in [1.165, 1.54) is 19.3 Å². The average molecular weight is 185 g/mol. The zero-order chi connectivity index (χ0) is 9.84. The first-order chi connectivity index (χ1) is 6.15. The van der Waals surface area contributed by atoms with E-state index in [0.717, 1.165) is 13.0 Å². The van der Waals surface area contributed by atoms with Gasteiger partial charge in [-0.3, -0.25) is 4.90 Å². The number of likely N-dealkylation sites (tertiary alicyclic amines) is 1. The van der Waals surface area contributed by atoms with Crippen LogP contribution in [0.2, 0.25) is 0 Å². The summed E-state index contributed by atoms with van der Waals surface area (Å²) in [5.41, 5.74) is 0. The fourth-order valence-corrected chi connectivity index (χ4v) is 2.21. The Morgan fingerprint density at radius 1 is 1.31 bits per heavy atom. The van der Waals surface area contributed by atoms with E-state index >= 15 is 0 Å². The monoisotopic (exact) mass is 185 g/mol. The second kappa shape index (κ2) is 4.97. The van der Waals surface area contributed by atoms with Crippen LogP contribution in [0.5, 0.6) is 0 Å². The fraction of sp³-hybridized carbons (Fsp3) is 1.00. The van der Waals surface area contributed by atoms with Crippen molar-refractivity contribution in [2.24, 2.45) is 0 Å². The lowest BCUT2D eigenvalue weighted by atomic mass is 9.97. The third kappa shape index (κ3) is 2.96. The number of aliphatic hydroxyl groups excluding tert-OH is 1. The Morgan fingerprint density at radius 3 is 2.31 bits per heavy atom. The van der Waals surface area contributed by atoms with Crippen molar-refractivity contribution in [1.82, 2.24) is 4.90 Å². The quantitative estimate of drug-likeness (QED) is 0.727. The van der Waals surface area contributed by atoms with Crippen molar-refractivity contribution in [3.63, 3.8) is 0 Å². The van der Waals surface area contributed by atoms with Gasteiger partial charge in [-0.25, -0.2) is 0 Å². The largest absolute Gasteiger partial charge is 0.392 e. The van der Waals surface area contributed by atoms with Gasteiger partial charge in [0.25, 0.3) is 0 Å². The summed E-state index contributed by atoms with van der Waals surface area (Å²) >= 11 is 0. The van der Waals surface area contributed by atoms with E-state index < -0.39 is 0 Å². The number of hydrogen-bond donors (Lipinski definition) is 1. The molecule has 1 aliphatic heterocycles. The fourth-order valence-electron chi connectivity index (χ4n) is 2.21. The van der Waals surface area contributed by atoms with Crippen LogP contribution in [-0.2, 0) is 0 Å². The molecule has 0 aromatic rings. The molecule has 1 heterocycles. The zero-order valence-corrected chi connectivity index (χ0v) is 9.16. The Balaban J connectivity index is 2.43. The lowest BCUT2D eigenvalue weighted by Crippen LogP contribution is -2.47. The second-order valence-corrected chi connectivity index (χ2v) is 4.39. The molecule has 1 aliphatic rings. The summed E-state index contributed by atoms with van der Waals surface area (Å²) in [6.07, 6.45) is 4.67. The highest BCUT2D eigenvalue weighted by Crippen LogP contribution is 2.22. The minimum Gasteiger partial charge on any atom is -0.392 e. The molecular formula is C11H23NO. The molecule has 1 fully saturated rings. The number of hydrogen-bond acceptors (Lipinski definition) is 2. The molecule has 0 radical (unpaired) electrons. The SMILES string of the molecule is CCC(O)CN1C(C)CCCC1C. The third-order valence-electron chi connectivity index (χ3n) is 3.27. The van der Waals surface area contributed by atoms with Crippen molar-refractivity contribution in [3.05, 3.63) is 0 Å². The van der Waals surface area contributed by atoms with E-state index in [1.807, 2.05) is 6.92 Å². The van der Waals surface area contributed by atoms with Crippen LogP contribution in [0.25, 0.3) is 0 Å². The van der Waals surface area contributed by atoms with Crippen LogP contribution in [0.4, 0.5) is 0 Å². The molecule has 0 aromatic heterocycles. The second-order valence-electron chi connectivity index (χ2n) is 4.39. The predicted molar refractivity (Wildman–Crippen MR) is 55.8 cm³/mol. The van der Waals surface area contributed by atoms with Gasteiger partial charge < -0.3 is 5.11 Å². The molecule has 2 heteroatoms. The molecule has 78 valence electrons. The van der Waals surface area contributed by atoms with Crippen LogP contribution in [0.3, 0.4) is 0 Å². The number of piperidine rings is 1. The van der Waals surface area contributed by atoms with Crippen molar-refractivity contribution in [1.29, 1.82) is 0 Å². The molecular weight excluding hydrogens is 162 g/mol. The Bertz CT molecular complexity index is 139. The third-order valence-corrected chi connectivity index (χ3v) is 3.27. The lowest BCUT2D eigenvalue weighted by Gasteiger charge is -2.39. The Morgan fingerprint density at radius 2 is 1.85 bits per heavy atom. The number of nitrogens with zero attached hydrogens (tertiary/aromatic N) is 1. The van der Waals surface area contributed by atoms with Crippen LogP contribution in [0, 0.1) is 0 Å². The minimum atomic E-state index is -0.136. The standard InChI is InChI=1S/C11H23NO/c1-4-11(13)8-12-9(2)6-5-7-10(12)3/h9-11,13H,4-8H2,1-3H3. The van der Waals surface area contributed by atoms with Crippen molar-refractivity contribution >= 4 is 0 Å². The van der Waals surface area contributed by atoms with Crippen molar-refractivity contribution in [3.8, 4) is 0 Å². The van der Waals surface area contributed by atoms with E-state index in [2.05, 4.69) is 18.7 Å². The van der Waals surface area contributed by atoms with E-state index in [4.69, 9.17) is 0 Å². The predicted octanol–water partition coefficient (Wildman–Crippen LogP) is 2.02. The van der Waals surface area contributed by atoms with Gasteiger partial charge in [0.15, 0.2) is 0 Å². The zero-order valence-electron chi connectivity index (χ0n) is 9.16. The van der Waals surface area contributed by atoms with Crippen LogP contribution in [-0.4, -0.2) is 34.7 Å². The molecule has 0 spiro atoms. The topological polar surface area (TPSA) is 23.5 Å². The van der Waals surface area contributed by atoms with Gasteiger partial charge in [0.05, 0.1) is 6.10 Å². The van der Waals surface area contributed by atoms with Gasteiger partial charge in [0.2, 0.25) is 0 Å². The Hall–Kier alpha value is -0.0800. The summed E-state index contributed by atoms with van der Waals surface area (Å²) in [7, 11) is 0. The smallest absolute Gasteiger partial charge is 0.0664 e. The Kier molecular flexibility index (Phi) is 4.20. The average Bonchev–Trinajstić information content (AvgIpc) is 2.11. The van der Waals surface area contributed by atoms with Gasteiger partial charge in [0.1, 0.15) is 0 Å². The summed E-state index contributed by atoms with van der Waals surface area (Å²) in [5.74, 6) is 0. The summed E-state index contributed by atoms with van der Waals surface area (Å²) in [4.78, 5) is 2.46. The molecule has 1 saturated heterocycles. The van der Waals surface area contributed by atoms with Gasteiger partial charge in [0, 0.05) is 18.6 Å². The number of rotatable bonds is 3. The van der Waals surface area contributed by atoms with Crippen LogP contribution in [0.1, 0.15) is 46.5 Å². The highest BCUT2D eigenvalue weighted by Gasteiger charge is 2.25.